The van der Waals surface area contributed by atoms with Crippen LogP contribution in [0.2, 0.25) is 0 Å². The molecule has 0 bridgehead atoms. The minimum atomic E-state index is -0.334. The number of fused-ring (bicyclic) bond motifs is 1. The summed E-state index contributed by atoms with van der Waals surface area (Å²) in [5.41, 5.74) is 3.94. The van der Waals surface area contributed by atoms with Crippen LogP contribution in [-0.4, -0.2) is 10.6 Å². The van der Waals surface area contributed by atoms with Crippen LogP contribution < -0.4 is 10.6 Å². The van der Waals surface area contributed by atoms with Gasteiger partial charge in [0, 0.05) is 35.2 Å². The predicted molar refractivity (Wildman–Crippen MR) is 113 cm³/mol. The van der Waals surface area contributed by atoms with Crippen molar-refractivity contribution in [2.45, 2.75) is 20.0 Å². The third kappa shape index (κ3) is 3.51. The molecule has 0 unspecified atom stereocenters. The molecule has 2 heterocycles. The number of carbonyl (C=O) groups excluding carboxylic acids is 1. The zero-order chi connectivity index (χ0) is 19.5. The van der Waals surface area contributed by atoms with Gasteiger partial charge in [-0.15, -0.1) is 11.3 Å². The van der Waals surface area contributed by atoms with Gasteiger partial charge in [0.25, 0.3) is 0 Å². The van der Waals surface area contributed by atoms with Gasteiger partial charge in [0.05, 0.1) is 10.6 Å². The van der Waals surface area contributed by atoms with Crippen molar-refractivity contribution in [3.63, 3.8) is 0 Å². The summed E-state index contributed by atoms with van der Waals surface area (Å²) in [5, 5.41) is 8.88. The van der Waals surface area contributed by atoms with E-state index in [1.807, 2.05) is 18.2 Å². The second-order valence-electron chi connectivity index (χ2n) is 6.38. The Balaban J connectivity index is 1.63. The molecule has 0 saturated carbocycles. The Morgan fingerprint density at radius 3 is 2.57 bits per heavy atom. The lowest BCUT2D eigenvalue weighted by atomic mass is 10.1. The molecule has 142 valence electrons. The van der Waals surface area contributed by atoms with Gasteiger partial charge < -0.3 is 15.2 Å². The van der Waals surface area contributed by atoms with Crippen LogP contribution in [0, 0.1) is 5.82 Å². The lowest BCUT2D eigenvalue weighted by Crippen LogP contribution is -2.28. The van der Waals surface area contributed by atoms with Crippen molar-refractivity contribution >= 4 is 34.0 Å². The number of benzene rings is 2. The molecule has 0 aliphatic rings. The molecule has 2 aromatic heterocycles. The normalized spacial score (nSPS) is 10.9. The Morgan fingerprint density at radius 1 is 1.07 bits per heavy atom. The summed E-state index contributed by atoms with van der Waals surface area (Å²) in [6, 6.07) is 17.8. The van der Waals surface area contributed by atoms with Crippen molar-refractivity contribution in [3.05, 3.63) is 77.4 Å². The molecule has 0 aliphatic heterocycles. The number of rotatable bonds is 5. The molecule has 0 atom stereocenters. The average molecular weight is 393 g/mol. The van der Waals surface area contributed by atoms with Crippen LogP contribution in [0.25, 0.3) is 21.5 Å². The SMILES string of the molecule is CCn1c(-c2cccs2)c(CNC(=O)Nc2ccc(F)cc2)c2ccccc21. The highest BCUT2D eigenvalue weighted by Crippen LogP contribution is 2.36. The number of aryl methyl sites for hydroxylation is 1. The number of nitrogens with one attached hydrogen (secondary N) is 2. The summed E-state index contributed by atoms with van der Waals surface area (Å²) in [6.45, 7) is 3.37. The van der Waals surface area contributed by atoms with E-state index in [0.717, 1.165) is 28.7 Å². The molecule has 2 amide bonds. The lowest BCUT2D eigenvalue weighted by Gasteiger charge is -2.11. The average Bonchev–Trinajstić information content (AvgIpc) is 3.33. The molecular weight excluding hydrogens is 373 g/mol. The van der Waals surface area contributed by atoms with E-state index in [9.17, 15) is 9.18 Å². The van der Waals surface area contributed by atoms with Crippen molar-refractivity contribution in [1.29, 1.82) is 0 Å². The number of amides is 2. The van der Waals surface area contributed by atoms with Crippen molar-refractivity contribution in [3.8, 4) is 10.6 Å². The van der Waals surface area contributed by atoms with E-state index in [0.29, 0.717) is 12.2 Å². The number of halogens is 1. The van der Waals surface area contributed by atoms with Crippen LogP contribution in [0.1, 0.15) is 12.5 Å². The van der Waals surface area contributed by atoms with Gasteiger partial charge >= 0.3 is 6.03 Å². The molecule has 2 aromatic carbocycles. The van der Waals surface area contributed by atoms with Gasteiger partial charge in [-0.2, -0.15) is 0 Å². The van der Waals surface area contributed by atoms with Crippen molar-refractivity contribution < 1.29 is 9.18 Å². The maximum Gasteiger partial charge on any atom is 0.319 e. The Hall–Kier alpha value is -3.12. The Morgan fingerprint density at radius 2 is 1.86 bits per heavy atom. The summed E-state index contributed by atoms with van der Waals surface area (Å²) in [6.07, 6.45) is 0. The number of hydrogen-bond donors (Lipinski definition) is 2. The maximum absolute atomic E-state index is 13.0. The van der Waals surface area contributed by atoms with E-state index >= 15 is 0 Å². The number of nitrogens with zero attached hydrogens (tertiary/aromatic N) is 1. The van der Waals surface area contributed by atoms with Crippen molar-refractivity contribution in [2.75, 3.05) is 5.32 Å². The van der Waals surface area contributed by atoms with Gasteiger partial charge in [0.15, 0.2) is 0 Å². The summed E-state index contributed by atoms with van der Waals surface area (Å²) in [4.78, 5) is 13.5. The third-order valence-corrected chi connectivity index (χ3v) is 5.55. The van der Waals surface area contributed by atoms with Crippen LogP contribution in [0.3, 0.4) is 0 Å². The van der Waals surface area contributed by atoms with Crippen molar-refractivity contribution in [1.82, 2.24) is 9.88 Å². The molecule has 6 heteroatoms. The monoisotopic (exact) mass is 393 g/mol. The van der Waals surface area contributed by atoms with Gasteiger partial charge in [-0.05, 0) is 48.7 Å². The van der Waals surface area contributed by atoms with Gasteiger partial charge in [0.2, 0.25) is 0 Å². The molecule has 0 saturated heterocycles. The van der Waals surface area contributed by atoms with E-state index in [1.54, 1.807) is 11.3 Å². The molecule has 0 radical (unpaired) electrons. The second kappa shape index (κ2) is 7.86. The number of thiophene rings is 1. The molecule has 4 nitrogen and oxygen atoms in total. The van der Waals surface area contributed by atoms with Crippen molar-refractivity contribution in [2.24, 2.45) is 0 Å². The second-order valence-corrected chi connectivity index (χ2v) is 7.33. The van der Waals surface area contributed by atoms with E-state index in [2.05, 4.69) is 45.7 Å². The summed E-state index contributed by atoms with van der Waals surface area (Å²) < 4.78 is 15.3. The first-order chi connectivity index (χ1) is 13.7. The maximum atomic E-state index is 13.0. The number of carbonyl (C=O) groups is 1. The molecule has 0 spiro atoms. The standard InChI is InChI=1S/C22H20FN3OS/c1-2-26-19-7-4-3-6-17(19)18(21(26)20-8-5-13-28-20)14-24-22(27)25-16-11-9-15(23)10-12-16/h3-13H,2,14H2,1H3,(H2,24,25,27). The first-order valence-electron chi connectivity index (χ1n) is 9.11. The van der Waals surface area contributed by atoms with Crippen LogP contribution in [0.5, 0.6) is 0 Å². The van der Waals surface area contributed by atoms with Crippen LogP contribution in [0.15, 0.2) is 66.0 Å². The number of para-hydroxylation sites is 1. The zero-order valence-corrected chi connectivity index (χ0v) is 16.2. The summed E-state index contributed by atoms with van der Waals surface area (Å²) >= 11 is 1.69. The zero-order valence-electron chi connectivity index (χ0n) is 15.4. The summed E-state index contributed by atoms with van der Waals surface area (Å²) in [7, 11) is 0. The lowest BCUT2D eigenvalue weighted by molar-refractivity contribution is 0.252. The Labute approximate surface area is 166 Å². The minimum absolute atomic E-state index is 0.322. The fourth-order valence-corrected chi connectivity index (χ4v) is 4.26. The molecule has 0 fully saturated rings. The molecule has 2 N–H and O–H groups in total. The van der Waals surface area contributed by atoms with Gasteiger partial charge in [-0.1, -0.05) is 24.3 Å². The fraction of sp³-hybridized carbons (Fsp3) is 0.136. The number of hydrogen-bond acceptors (Lipinski definition) is 2. The Bertz CT molecular complexity index is 1100. The van der Waals surface area contributed by atoms with Crippen LogP contribution >= 0.6 is 11.3 Å². The summed E-state index contributed by atoms with van der Waals surface area (Å²) in [5.74, 6) is -0.334. The number of aromatic nitrogens is 1. The van der Waals surface area contributed by atoms with E-state index in [4.69, 9.17) is 0 Å². The highest BCUT2D eigenvalue weighted by molar-refractivity contribution is 7.13. The van der Waals surface area contributed by atoms with E-state index in [-0.39, 0.29) is 11.8 Å². The third-order valence-electron chi connectivity index (χ3n) is 4.67. The van der Waals surface area contributed by atoms with Gasteiger partial charge in [-0.3, -0.25) is 0 Å². The quantitative estimate of drug-likeness (QED) is 0.439. The largest absolute Gasteiger partial charge is 0.340 e. The first kappa shape index (κ1) is 18.3. The fourth-order valence-electron chi connectivity index (χ4n) is 3.45. The Kier molecular flexibility index (Phi) is 5.12. The van der Waals surface area contributed by atoms with Gasteiger partial charge in [-0.25, -0.2) is 9.18 Å². The van der Waals surface area contributed by atoms with Gasteiger partial charge in [0.1, 0.15) is 5.82 Å². The predicted octanol–water partition coefficient (Wildman–Crippen LogP) is 5.85. The highest BCUT2D eigenvalue weighted by Gasteiger charge is 2.18. The highest BCUT2D eigenvalue weighted by atomic mass is 32.1. The van der Waals surface area contributed by atoms with Crippen LogP contribution in [0.4, 0.5) is 14.9 Å². The molecule has 4 rings (SSSR count). The van der Waals surface area contributed by atoms with E-state index in [1.165, 1.54) is 29.1 Å². The molecular formula is C22H20FN3OS. The minimum Gasteiger partial charge on any atom is -0.340 e. The van der Waals surface area contributed by atoms with Crippen LogP contribution in [-0.2, 0) is 13.1 Å². The molecule has 4 aromatic rings. The number of anilines is 1. The number of urea groups is 1. The first-order valence-corrected chi connectivity index (χ1v) is 9.99. The molecule has 28 heavy (non-hydrogen) atoms. The van der Waals surface area contributed by atoms with E-state index < -0.39 is 0 Å². The smallest absolute Gasteiger partial charge is 0.319 e. The topological polar surface area (TPSA) is 46.1 Å². The molecule has 0 aliphatic carbocycles.